The van der Waals surface area contributed by atoms with Crippen LogP contribution >= 0.6 is 11.6 Å². The van der Waals surface area contributed by atoms with E-state index >= 15 is 0 Å². The van der Waals surface area contributed by atoms with Crippen molar-refractivity contribution >= 4 is 17.4 Å². The van der Waals surface area contributed by atoms with Gasteiger partial charge in [0, 0.05) is 21.0 Å². The predicted molar refractivity (Wildman–Crippen MR) is 65.7 cm³/mol. The summed E-state index contributed by atoms with van der Waals surface area (Å²) >= 11 is 6.05. The molecule has 16 heavy (non-hydrogen) atoms. The van der Waals surface area contributed by atoms with Crippen LogP contribution in [0.3, 0.4) is 0 Å². The molecule has 0 saturated heterocycles. The monoisotopic (exact) mass is 248 g/mol. The highest BCUT2D eigenvalue weighted by Crippen LogP contribution is 2.37. The van der Waals surface area contributed by atoms with E-state index in [-0.39, 0.29) is 0 Å². The van der Waals surface area contributed by atoms with E-state index in [1.165, 1.54) is 0 Å². The molecule has 0 aliphatic heterocycles. The van der Waals surface area contributed by atoms with Crippen molar-refractivity contribution in [2.24, 2.45) is 0 Å². The van der Waals surface area contributed by atoms with Crippen molar-refractivity contribution in [1.29, 1.82) is 0 Å². The zero-order valence-electron chi connectivity index (χ0n) is 19.2. The van der Waals surface area contributed by atoms with Gasteiger partial charge in [-0.25, -0.2) is 0 Å². The van der Waals surface area contributed by atoms with Gasteiger partial charge in [-0.05, 0) is 31.4 Å². The van der Waals surface area contributed by atoms with Gasteiger partial charge >= 0.3 is 0 Å². The van der Waals surface area contributed by atoms with E-state index in [1.54, 1.807) is 0 Å². The maximum atomic E-state index is 13.0. The third-order valence-corrected chi connectivity index (χ3v) is 2.78. The minimum Gasteiger partial charge on any atom is -0.304 e. The fourth-order valence-corrected chi connectivity index (χ4v) is 1.88. The van der Waals surface area contributed by atoms with Crippen LogP contribution in [-0.4, -0.2) is 12.8 Å². The number of carbonyl (C=O) groups is 1. The zero-order chi connectivity index (χ0) is 21.2. The molecule has 1 N–H and O–H groups in total. The molecule has 1 aromatic carbocycles. The molecule has 1 unspecified atom stereocenters. The predicted octanol–water partition coefficient (Wildman–Crippen LogP) is 2.90. The van der Waals surface area contributed by atoms with Crippen LogP contribution in [0.25, 0.3) is 0 Å². The number of nitrogens with one attached hydrogen (secondary N) is 1. The van der Waals surface area contributed by atoms with Gasteiger partial charge in [0.25, 0.3) is 0 Å². The first kappa shape index (κ1) is 4.11. The summed E-state index contributed by atoms with van der Waals surface area (Å²) in [4.78, 5) is 13.0. The summed E-state index contributed by atoms with van der Waals surface area (Å²) in [6.45, 7) is -3.00. The smallest absolute Gasteiger partial charge is 0.157 e. The van der Waals surface area contributed by atoms with Gasteiger partial charge in [0.1, 0.15) is 5.54 Å². The highest BCUT2D eigenvalue weighted by atomic mass is 35.5. The Kier molecular flexibility index (Phi) is 1.17. The van der Waals surface area contributed by atoms with E-state index in [9.17, 15) is 4.79 Å². The highest BCUT2D eigenvalue weighted by Gasteiger charge is 2.40. The molecule has 2 nitrogen and oxygen atoms in total. The molecule has 0 radical (unpaired) electrons. The highest BCUT2D eigenvalue weighted by molar-refractivity contribution is 6.31. The zero-order valence-corrected chi connectivity index (χ0v) is 8.96. The lowest BCUT2D eigenvalue weighted by Gasteiger charge is -2.36. The number of rotatable bonds is 2. The molecule has 86 valence electrons. The van der Waals surface area contributed by atoms with E-state index in [4.69, 9.17) is 26.7 Å². The van der Waals surface area contributed by atoms with Crippen molar-refractivity contribution in [1.82, 2.24) is 5.32 Å². The molecule has 0 heterocycles. The third-order valence-electron chi connectivity index (χ3n) is 2.50. The number of carbonyl (C=O) groups excluding carboxylic acids is 1. The Morgan fingerprint density at radius 2 is 2.44 bits per heavy atom. The first-order valence-corrected chi connectivity index (χ1v) is 4.98. The van der Waals surface area contributed by atoms with Crippen LogP contribution in [0.1, 0.15) is 46.2 Å². The number of halogens is 1. The average molecular weight is 249 g/mol. The van der Waals surface area contributed by atoms with E-state index in [0.29, 0.717) is 0 Å². The molecule has 0 spiro atoms. The molecule has 1 atom stereocenters. The Balaban J connectivity index is 2.90. The lowest BCUT2D eigenvalue weighted by molar-refractivity contribution is -0.127. The normalized spacial score (nSPS) is 42.8. The van der Waals surface area contributed by atoms with Crippen molar-refractivity contribution in [2.75, 3.05) is 6.98 Å². The molecule has 1 aromatic rings. The maximum Gasteiger partial charge on any atom is 0.157 e. The van der Waals surface area contributed by atoms with E-state index < -0.39 is 78.6 Å². The fourth-order valence-electron chi connectivity index (χ4n) is 1.62. The lowest BCUT2D eigenvalue weighted by atomic mass is 9.75. The van der Waals surface area contributed by atoms with Crippen LogP contribution < -0.4 is 5.32 Å². The molecule has 1 aliphatic carbocycles. The summed E-state index contributed by atoms with van der Waals surface area (Å²) in [5.74, 6) is -1.49. The van der Waals surface area contributed by atoms with Crippen molar-refractivity contribution in [3.8, 4) is 0 Å². The lowest BCUT2D eigenvalue weighted by Crippen LogP contribution is -2.49. The number of hydrogen-bond acceptors (Lipinski definition) is 2. The van der Waals surface area contributed by atoms with Gasteiger partial charge in [-0.3, -0.25) is 4.79 Å². The maximum absolute atomic E-state index is 13.0. The Bertz CT molecular complexity index is 777. The Labute approximate surface area is 116 Å². The van der Waals surface area contributed by atoms with E-state index in [1.807, 2.05) is 5.32 Å². The summed E-state index contributed by atoms with van der Waals surface area (Å²) in [6, 6.07) is -2.96. The second kappa shape index (κ2) is 4.56. The number of likely N-dealkylation sites (N-methyl/N-ethyl adjacent to an activating group) is 1. The second-order valence-corrected chi connectivity index (χ2v) is 3.73. The van der Waals surface area contributed by atoms with Crippen LogP contribution in [0.4, 0.5) is 0 Å². The van der Waals surface area contributed by atoms with Crippen LogP contribution in [0, 0.1) is 0 Å². The van der Waals surface area contributed by atoms with Gasteiger partial charge in [0.05, 0.1) is 5.48 Å². The number of hydrogen-bond donors (Lipinski definition) is 1. The van der Waals surface area contributed by atoms with Crippen molar-refractivity contribution in [3.63, 3.8) is 0 Å². The van der Waals surface area contributed by atoms with Gasteiger partial charge < -0.3 is 5.32 Å². The van der Waals surface area contributed by atoms with Crippen LogP contribution in [-0.2, 0) is 10.3 Å². The third kappa shape index (κ3) is 1.76. The van der Waals surface area contributed by atoms with Crippen molar-refractivity contribution in [3.05, 3.63) is 34.8 Å². The second-order valence-electron chi connectivity index (χ2n) is 3.35. The number of Topliss-reactive ketones (excluding diaryl/α,β-unsaturated/α-hetero) is 1. The van der Waals surface area contributed by atoms with Gasteiger partial charge in [0.2, 0.25) is 0 Å². The molecule has 1 fully saturated rings. The molecule has 0 amide bonds. The van der Waals surface area contributed by atoms with Crippen molar-refractivity contribution < 1.29 is 19.9 Å². The largest absolute Gasteiger partial charge is 0.304 e. The molecule has 0 bridgehead atoms. The summed E-state index contributed by atoms with van der Waals surface area (Å²) in [6.07, 6.45) is -6.85. The van der Waals surface area contributed by atoms with Crippen LogP contribution in [0.5, 0.6) is 0 Å². The van der Waals surface area contributed by atoms with Gasteiger partial charge in [-0.2, -0.15) is 0 Å². The summed E-state index contributed by atoms with van der Waals surface area (Å²) in [7, 11) is 0. The van der Waals surface area contributed by atoms with Crippen LogP contribution in [0.2, 0.25) is 5.02 Å². The number of ketones is 1. The summed E-state index contributed by atoms with van der Waals surface area (Å²) < 4.78 is 85.2. The average Bonchev–Trinajstić information content (AvgIpc) is 2.52. The fraction of sp³-hybridized carbons (Fsp3) is 0.462. The summed E-state index contributed by atoms with van der Waals surface area (Å²) in [5, 5.41) is 1.38. The van der Waals surface area contributed by atoms with E-state index in [0.717, 1.165) is 0 Å². The van der Waals surface area contributed by atoms with Crippen LogP contribution in [0.15, 0.2) is 24.2 Å². The molecule has 1 aliphatic rings. The Hall–Kier alpha value is -0.860. The minimum absolute atomic E-state index is 0.557. The molecular formula is C13H16ClNO. The van der Waals surface area contributed by atoms with Crippen molar-refractivity contribution in [2.45, 2.75) is 31.1 Å². The van der Waals surface area contributed by atoms with Gasteiger partial charge in [0.15, 0.2) is 5.78 Å². The SMILES string of the molecule is [2H]c1c([2H])c([2H])c(C2(NC([2H])([2H])[2H])CCC([2H])([2H])C([2H])([2H])C2=O)c(Cl)c1[2H]. The molecule has 1 saturated carbocycles. The first-order chi connectivity index (χ1) is 12.0. The quantitative estimate of drug-likeness (QED) is 0.872. The number of benzene rings is 1. The minimum atomic E-state index is -3.12. The summed E-state index contributed by atoms with van der Waals surface area (Å²) in [5.41, 5.74) is -3.05. The standard InChI is InChI=1S/C13H16ClNO/c1-15-13(9-5-4-8-12(13)16)10-6-2-3-7-11(10)14/h2-3,6-7,15H,4-5,8-9H2,1H3/i1D3,2D,3D,4D2,6D,7D,8D2. The topological polar surface area (TPSA) is 29.1 Å². The Morgan fingerprint density at radius 1 is 1.62 bits per heavy atom. The molecular weight excluding hydrogens is 222 g/mol. The van der Waals surface area contributed by atoms with Gasteiger partial charge in [-0.15, -0.1) is 0 Å². The first-order valence-electron chi connectivity index (χ1n) is 10.1. The van der Waals surface area contributed by atoms with E-state index in [2.05, 4.69) is 0 Å². The Morgan fingerprint density at radius 3 is 3.25 bits per heavy atom. The molecule has 2 rings (SSSR count). The van der Waals surface area contributed by atoms with Gasteiger partial charge in [-0.1, -0.05) is 36.1 Å². The molecule has 0 aromatic heterocycles. The molecule has 3 heteroatoms.